The summed E-state index contributed by atoms with van der Waals surface area (Å²) in [4.78, 5) is 8.58. The molecule has 3 rings (SSSR count). The highest BCUT2D eigenvalue weighted by Gasteiger charge is 2.14. The van der Waals surface area contributed by atoms with Gasteiger partial charge in [0, 0.05) is 11.3 Å². The molecule has 0 fully saturated rings. The number of hydrogen-bond acceptors (Lipinski definition) is 4. The van der Waals surface area contributed by atoms with E-state index in [0.29, 0.717) is 12.7 Å². The fourth-order valence-corrected chi connectivity index (χ4v) is 1.90. The molecule has 1 aliphatic rings. The van der Waals surface area contributed by atoms with Crippen molar-refractivity contribution in [2.24, 2.45) is 0 Å². The Morgan fingerprint density at radius 2 is 1.89 bits per heavy atom. The van der Waals surface area contributed by atoms with Crippen LogP contribution in [0.4, 0.5) is 0 Å². The highest BCUT2D eigenvalue weighted by molar-refractivity contribution is 5.64. The first kappa shape index (κ1) is 11.0. The Bertz CT molecular complexity index is 582. The average Bonchev–Trinajstić information content (AvgIpc) is 2.86. The monoisotopic (exact) mass is 242 g/mol. The van der Waals surface area contributed by atoms with Crippen molar-refractivity contribution < 1.29 is 9.47 Å². The summed E-state index contributed by atoms with van der Waals surface area (Å²) in [5, 5.41) is 0. The Balaban J connectivity index is 2.02. The molecule has 4 heteroatoms. The van der Waals surface area contributed by atoms with Gasteiger partial charge in [-0.1, -0.05) is 13.8 Å². The summed E-state index contributed by atoms with van der Waals surface area (Å²) in [6, 6.07) is 7.87. The number of hydrogen-bond donors (Lipinski definition) is 0. The van der Waals surface area contributed by atoms with Crippen LogP contribution in [0.5, 0.6) is 11.5 Å². The van der Waals surface area contributed by atoms with Gasteiger partial charge in [-0.25, -0.2) is 9.97 Å². The highest BCUT2D eigenvalue weighted by atomic mass is 16.7. The predicted octanol–water partition coefficient (Wildman–Crippen LogP) is 3.00. The van der Waals surface area contributed by atoms with Crippen LogP contribution >= 0.6 is 0 Å². The Morgan fingerprint density at radius 1 is 1.06 bits per heavy atom. The summed E-state index contributed by atoms with van der Waals surface area (Å²) >= 11 is 0. The first-order chi connectivity index (χ1) is 8.74. The largest absolute Gasteiger partial charge is 0.454 e. The highest BCUT2D eigenvalue weighted by Crippen LogP contribution is 2.35. The van der Waals surface area contributed by atoms with Crippen molar-refractivity contribution in [3.63, 3.8) is 0 Å². The van der Waals surface area contributed by atoms with Gasteiger partial charge in [0.15, 0.2) is 11.5 Å². The van der Waals surface area contributed by atoms with Crippen LogP contribution in [0.2, 0.25) is 0 Å². The second-order valence-electron chi connectivity index (χ2n) is 4.55. The maximum Gasteiger partial charge on any atom is 0.231 e. The van der Waals surface area contributed by atoms with Crippen LogP contribution in [0.25, 0.3) is 11.3 Å². The van der Waals surface area contributed by atoms with E-state index in [-0.39, 0.29) is 0 Å². The van der Waals surface area contributed by atoms with Gasteiger partial charge in [0.05, 0.1) is 5.69 Å². The van der Waals surface area contributed by atoms with Gasteiger partial charge in [-0.15, -0.1) is 0 Å². The van der Waals surface area contributed by atoms with E-state index in [4.69, 9.17) is 9.47 Å². The van der Waals surface area contributed by atoms with Crippen LogP contribution in [-0.4, -0.2) is 16.8 Å². The second kappa shape index (κ2) is 4.29. The Labute approximate surface area is 106 Å². The lowest BCUT2D eigenvalue weighted by molar-refractivity contribution is 0.174. The molecule has 1 aromatic carbocycles. The van der Waals surface area contributed by atoms with E-state index < -0.39 is 0 Å². The zero-order chi connectivity index (χ0) is 12.5. The summed E-state index contributed by atoms with van der Waals surface area (Å²) in [7, 11) is 0. The minimum absolute atomic E-state index is 0.291. The molecular formula is C14H14N2O2. The van der Waals surface area contributed by atoms with Crippen molar-refractivity contribution in [1.82, 2.24) is 9.97 Å². The minimum atomic E-state index is 0.291. The normalized spacial score (nSPS) is 13.1. The second-order valence-corrected chi connectivity index (χ2v) is 4.55. The van der Waals surface area contributed by atoms with E-state index in [2.05, 4.69) is 23.8 Å². The summed E-state index contributed by atoms with van der Waals surface area (Å²) in [6.07, 6.45) is 1.61. The molecule has 18 heavy (non-hydrogen) atoms. The molecule has 1 aliphatic heterocycles. The minimum Gasteiger partial charge on any atom is -0.454 e. The van der Waals surface area contributed by atoms with E-state index in [1.807, 2.05) is 24.3 Å². The van der Waals surface area contributed by atoms with Crippen LogP contribution in [-0.2, 0) is 0 Å². The molecule has 0 atom stereocenters. The average molecular weight is 242 g/mol. The smallest absolute Gasteiger partial charge is 0.231 e. The maximum absolute atomic E-state index is 5.37. The third kappa shape index (κ3) is 1.90. The molecule has 0 N–H and O–H groups in total. The van der Waals surface area contributed by atoms with Crippen LogP contribution < -0.4 is 9.47 Å². The van der Waals surface area contributed by atoms with Crippen LogP contribution in [0.3, 0.4) is 0 Å². The van der Waals surface area contributed by atoms with Gasteiger partial charge in [-0.3, -0.25) is 0 Å². The van der Waals surface area contributed by atoms with Crippen molar-refractivity contribution >= 4 is 0 Å². The predicted molar refractivity (Wildman–Crippen MR) is 67.7 cm³/mol. The molecule has 0 saturated carbocycles. The zero-order valence-electron chi connectivity index (χ0n) is 10.4. The van der Waals surface area contributed by atoms with E-state index in [1.165, 1.54) is 0 Å². The molecule has 2 aromatic rings. The number of benzene rings is 1. The molecule has 1 aromatic heterocycles. The first-order valence-corrected chi connectivity index (χ1v) is 5.96. The van der Waals surface area contributed by atoms with Crippen LogP contribution in [0.15, 0.2) is 30.6 Å². The lowest BCUT2D eigenvalue weighted by atomic mass is 10.1. The summed E-state index contributed by atoms with van der Waals surface area (Å²) in [5.74, 6) is 1.95. The number of fused-ring (bicyclic) bond motifs is 1. The van der Waals surface area contributed by atoms with E-state index in [1.54, 1.807) is 6.33 Å². The van der Waals surface area contributed by atoms with E-state index in [9.17, 15) is 0 Å². The molecule has 92 valence electrons. The van der Waals surface area contributed by atoms with Gasteiger partial charge in [-0.05, 0) is 30.2 Å². The standard InChI is InChI=1S/C14H14N2O2/c1-9(2)11-6-12(16-7-15-11)10-3-4-13-14(5-10)18-8-17-13/h3-7,9H,8H2,1-2H3. The molecule has 0 saturated heterocycles. The Kier molecular flexibility index (Phi) is 2.63. The summed E-state index contributed by atoms with van der Waals surface area (Å²) in [5.41, 5.74) is 2.97. The molecule has 4 nitrogen and oxygen atoms in total. The van der Waals surface area contributed by atoms with Crippen molar-refractivity contribution in [2.75, 3.05) is 6.79 Å². The molecule has 0 bridgehead atoms. The molecular weight excluding hydrogens is 228 g/mol. The van der Waals surface area contributed by atoms with E-state index in [0.717, 1.165) is 28.5 Å². The third-order valence-electron chi connectivity index (χ3n) is 2.95. The Hall–Kier alpha value is -2.10. The lowest BCUT2D eigenvalue weighted by Gasteiger charge is -2.07. The molecule has 0 spiro atoms. The quantitative estimate of drug-likeness (QED) is 0.812. The molecule has 0 unspecified atom stereocenters. The van der Waals surface area contributed by atoms with E-state index >= 15 is 0 Å². The topological polar surface area (TPSA) is 44.2 Å². The summed E-state index contributed by atoms with van der Waals surface area (Å²) < 4.78 is 10.7. The number of rotatable bonds is 2. The number of nitrogens with zero attached hydrogens (tertiary/aromatic N) is 2. The SMILES string of the molecule is CC(C)c1cc(-c2ccc3c(c2)OCO3)ncn1. The number of aromatic nitrogens is 2. The summed E-state index contributed by atoms with van der Waals surface area (Å²) in [6.45, 7) is 4.53. The fourth-order valence-electron chi connectivity index (χ4n) is 1.90. The van der Waals surface area contributed by atoms with Gasteiger partial charge in [0.2, 0.25) is 6.79 Å². The van der Waals surface area contributed by atoms with Gasteiger partial charge in [-0.2, -0.15) is 0 Å². The van der Waals surface area contributed by atoms with Gasteiger partial charge >= 0.3 is 0 Å². The number of ether oxygens (including phenoxy) is 2. The van der Waals surface area contributed by atoms with Gasteiger partial charge < -0.3 is 9.47 Å². The maximum atomic E-state index is 5.37. The molecule has 2 heterocycles. The zero-order valence-corrected chi connectivity index (χ0v) is 10.4. The van der Waals surface area contributed by atoms with Crippen LogP contribution in [0, 0.1) is 0 Å². The lowest BCUT2D eigenvalue weighted by Crippen LogP contribution is -1.95. The molecule has 0 radical (unpaired) electrons. The van der Waals surface area contributed by atoms with Crippen LogP contribution in [0.1, 0.15) is 25.5 Å². The fraction of sp³-hybridized carbons (Fsp3) is 0.286. The first-order valence-electron chi connectivity index (χ1n) is 5.96. The van der Waals surface area contributed by atoms with Crippen molar-refractivity contribution in [3.05, 3.63) is 36.3 Å². The Morgan fingerprint density at radius 3 is 2.72 bits per heavy atom. The van der Waals surface area contributed by atoms with Gasteiger partial charge in [0.1, 0.15) is 6.33 Å². The van der Waals surface area contributed by atoms with Gasteiger partial charge in [0.25, 0.3) is 0 Å². The van der Waals surface area contributed by atoms with Crippen molar-refractivity contribution in [2.45, 2.75) is 19.8 Å². The third-order valence-corrected chi connectivity index (χ3v) is 2.95. The molecule has 0 aliphatic carbocycles. The van der Waals surface area contributed by atoms with Crippen molar-refractivity contribution in [3.8, 4) is 22.8 Å². The molecule has 0 amide bonds. The van der Waals surface area contributed by atoms with Crippen molar-refractivity contribution in [1.29, 1.82) is 0 Å².